The second-order valence-corrected chi connectivity index (χ2v) is 2.14. The molecular formula is C9H21N. The molecule has 0 aromatic heterocycles. The summed E-state index contributed by atoms with van der Waals surface area (Å²) in [5, 5.41) is 0. The van der Waals surface area contributed by atoms with E-state index in [-0.39, 0.29) is 0 Å². The van der Waals surface area contributed by atoms with Crippen LogP contribution in [0.4, 0.5) is 0 Å². The van der Waals surface area contributed by atoms with Crippen molar-refractivity contribution in [2.45, 2.75) is 27.2 Å². The smallest absolute Gasteiger partial charge is 0.0157 e. The van der Waals surface area contributed by atoms with Crippen molar-refractivity contribution < 1.29 is 0 Å². The van der Waals surface area contributed by atoms with E-state index in [4.69, 9.17) is 0 Å². The Kier molecular flexibility index (Phi) is 14.2. The van der Waals surface area contributed by atoms with Crippen molar-refractivity contribution in [1.29, 1.82) is 0 Å². The van der Waals surface area contributed by atoms with Gasteiger partial charge >= 0.3 is 0 Å². The lowest BCUT2D eigenvalue weighted by molar-refractivity contribution is 0.456. The summed E-state index contributed by atoms with van der Waals surface area (Å²) in [5.41, 5.74) is 0. The van der Waals surface area contributed by atoms with Gasteiger partial charge in [-0.3, -0.25) is 0 Å². The minimum Gasteiger partial charge on any atom is -0.306 e. The zero-order valence-electron chi connectivity index (χ0n) is 8.02. The van der Waals surface area contributed by atoms with Crippen molar-refractivity contribution in [3.05, 3.63) is 12.2 Å². The quantitative estimate of drug-likeness (QED) is 0.549. The highest BCUT2D eigenvalue weighted by atomic mass is 15.0. The van der Waals surface area contributed by atoms with Crippen molar-refractivity contribution in [3.8, 4) is 0 Å². The van der Waals surface area contributed by atoms with Crippen LogP contribution in [0, 0.1) is 0 Å². The van der Waals surface area contributed by atoms with Crippen LogP contribution in [0.3, 0.4) is 0 Å². The van der Waals surface area contributed by atoms with Gasteiger partial charge in [0.25, 0.3) is 0 Å². The fraction of sp³-hybridized carbons (Fsp3) is 0.778. The third-order valence-corrected chi connectivity index (χ3v) is 0.873. The number of nitrogens with zero attached hydrogens (tertiary/aromatic N) is 1. The SMILES string of the molecule is CC.CC/C=C/CN(C)C. The summed E-state index contributed by atoms with van der Waals surface area (Å²) in [5.74, 6) is 0. The summed E-state index contributed by atoms with van der Waals surface area (Å²) in [7, 11) is 4.14. The van der Waals surface area contributed by atoms with Gasteiger partial charge in [-0.15, -0.1) is 0 Å². The fourth-order valence-electron chi connectivity index (χ4n) is 0.452. The lowest BCUT2D eigenvalue weighted by Crippen LogP contribution is -2.10. The minimum atomic E-state index is 1.06. The Morgan fingerprint density at radius 1 is 1.10 bits per heavy atom. The van der Waals surface area contributed by atoms with Crippen LogP contribution in [0.2, 0.25) is 0 Å². The van der Waals surface area contributed by atoms with Crippen LogP contribution < -0.4 is 0 Å². The Bertz CT molecular complexity index is 65.1. The van der Waals surface area contributed by atoms with Crippen molar-refractivity contribution >= 4 is 0 Å². The normalized spacial score (nSPS) is 9.80. The van der Waals surface area contributed by atoms with Gasteiger partial charge in [0.05, 0.1) is 0 Å². The maximum atomic E-state index is 2.18. The molecule has 0 rings (SSSR count). The van der Waals surface area contributed by atoms with Crippen molar-refractivity contribution in [2.75, 3.05) is 20.6 Å². The Balaban J connectivity index is 0. The first kappa shape index (κ1) is 12.4. The molecule has 0 aliphatic heterocycles. The van der Waals surface area contributed by atoms with Crippen molar-refractivity contribution in [2.24, 2.45) is 0 Å². The first-order chi connectivity index (χ1) is 4.77. The molecule has 0 unspecified atom stereocenters. The van der Waals surface area contributed by atoms with Crippen LogP contribution in [0.1, 0.15) is 27.2 Å². The predicted molar refractivity (Wildman–Crippen MR) is 49.3 cm³/mol. The van der Waals surface area contributed by atoms with E-state index in [1.54, 1.807) is 0 Å². The summed E-state index contributed by atoms with van der Waals surface area (Å²) in [6.45, 7) is 7.21. The standard InChI is InChI=1S/C7H15N.C2H6/c1-4-5-6-7-8(2)3;1-2/h5-6H,4,7H2,1-3H3;1-2H3/b6-5+;. The van der Waals surface area contributed by atoms with Gasteiger partial charge in [-0.1, -0.05) is 32.9 Å². The maximum absolute atomic E-state index is 2.18. The van der Waals surface area contributed by atoms with E-state index >= 15 is 0 Å². The minimum absolute atomic E-state index is 1.06. The van der Waals surface area contributed by atoms with Crippen LogP contribution in [-0.2, 0) is 0 Å². The third kappa shape index (κ3) is 15.6. The summed E-state index contributed by atoms with van der Waals surface area (Å²) < 4.78 is 0. The van der Waals surface area contributed by atoms with Crippen molar-refractivity contribution in [1.82, 2.24) is 4.90 Å². The molecule has 1 nitrogen and oxygen atoms in total. The molecule has 0 N–H and O–H groups in total. The molecule has 0 aromatic carbocycles. The molecule has 0 bridgehead atoms. The largest absolute Gasteiger partial charge is 0.306 e. The van der Waals surface area contributed by atoms with E-state index in [1.165, 1.54) is 0 Å². The molecule has 0 fully saturated rings. The lowest BCUT2D eigenvalue weighted by Gasteiger charge is -2.02. The molecule has 10 heavy (non-hydrogen) atoms. The highest BCUT2D eigenvalue weighted by Crippen LogP contribution is 1.80. The van der Waals surface area contributed by atoms with E-state index in [1.807, 2.05) is 13.8 Å². The summed E-state index contributed by atoms with van der Waals surface area (Å²) >= 11 is 0. The number of hydrogen-bond acceptors (Lipinski definition) is 1. The van der Waals surface area contributed by atoms with Gasteiger partial charge in [0.1, 0.15) is 0 Å². The van der Waals surface area contributed by atoms with Gasteiger partial charge in [0.15, 0.2) is 0 Å². The number of likely N-dealkylation sites (N-methyl/N-ethyl adjacent to an activating group) is 1. The summed E-state index contributed by atoms with van der Waals surface area (Å²) in [4.78, 5) is 2.14. The Morgan fingerprint density at radius 3 is 1.90 bits per heavy atom. The Morgan fingerprint density at radius 2 is 1.60 bits per heavy atom. The average Bonchev–Trinajstić information content (AvgIpc) is 1.92. The van der Waals surface area contributed by atoms with Crippen LogP contribution >= 0.6 is 0 Å². The van der Waals surface area contributed by atoms with Crippen LogP contribution in [0.5, 0.6) is 0 Å². The van der Waals surface area contributed by atoms with Crippen molar-refractivity contribution in [3.63, 3.8) is 0 Å². The molecule has 0 atom stereocenters. The molecule has 1 heteroatoms. The summed E-state index contributed by atoms with van der Waals surface area (Å²) in [6.07, 6.45) is 5.51. The molecule has 0 saturated carbocycles. The molecule has 0 radical (unpaired) electrons. The van der Waals surface area contributed by atoms with Crippen LogP contribution in [0.25, 0.3) is 0 Å². The second kappa shape index (κ2) is 11.5. The van der Waals surface area contributed by atoms with E-state index in [9.17, 15) is 0 Å². The molecular weight excluding hydrogens is 122 g/mol. The average molecular weight is 143 g/mol. The van der Waals surface area contributed by atoms with Gasteiger partial charge in [0.2, 0.25) is 0 Å². The van der Waals surface area contributed by atoms with Gasteiger partial charge in [-0.25, -0.2) is 0 Å². The number of hydrogen-bond donors (Lipinski definition) is 0. The molecule has 0 aromatic rings. The van der Waals surface area contributed by atoms with Crippen LogP contribution in [-0.4, -0.2) is 25.5 Å². The Hall–Kier alpha value is -0.300. The van der Waals surface area contributed by atoms with Crippen LogP contribution in [0.15, 0.2) is 12.2 Å². The highest BCUT2D eigenvalue weighted by Gasteiger charge is 1.78. The maximum Gasteiger partial charge on any atom is 0.0157 e. The zero-order chi connectivity index (χ0) is 8.41. The monoisotopic (exact) mass is 143 g/mol. The fourth-order valence-corrected chi connectivity index (χ4v) is 0.452. The highest BCUT2D eigenvalue weighted by molar-refractivity contribution is 4.81. The first-order valence-electron chi connectivity index (χ1n) is 4.07. The zero-order valence-corrected chi connectivity index (χ0v) is 8.02. The van der Waals surface area contributed by atoms with E-state index in [0.717, 1.165) is 13.0 Å². The molecule has 0 aliphatic carbocycles. The topological polar surface area (TPSA) is 3.24 Å². The molecule has 0 aliphatic rings. The van der Waals surface area contributed by atoms with Gasteiger partial charge in [-0.2, -0.15) is 0 Å². The predicted octanol–water partition coefficient (Wildman–Crippen LogP) is 2.54. The number of allylic oxidation sites excluding steroid dienone is 1. The second-order valence-electron chi connectivity index (χ2n) is 2.14. The third-order valence-electron chi connectivity index (χ3n) is 0.873. The molecule has 62 valence electrons. The molecule has 0 heterocycles. The van der Waals surface area contributed by atoms with Gasteiger partial charge in [-0.05, 0) is 20.5 Å². The summed E-state index contributed by atoms with van der Waals surface area (Å²) in [6, 6.07) is 0. The van der Waals surface area contributed by atoms with E-state index in [2.05, 4.69) is 38.1 Å². The molecule has 0 amide bonds. The van der Waals surface area contributed by atoms with E-state index in [0.29, 0.717) is 0 Å². The first-order valence-corrected chi connectivity index (χ1v) is 4.07. The molecule has 0 spiro atoms. The van der Waals surface area contributed by atoms with E-state index < -0.39 is 0 Å². The molecule has 0 saturated heterocycles. The van der Waals surface area contributed by atoms with Gasteiger partial charge < -0.3 is 4.90 Å². The Labute approximate surface area is 65.7 Å². The lowest BCUT2D eigenvalue weighted by atomic mass is 10.4. The van der Waals surface area contributed by atoms with Gasteiger partial charge in [0, 0.05) is 6.54 Å². The number of rotatable bonds is 3.